The lowest BCUT2D eigenvalue weighted by Crippen LogP contribution is -2.36. The van der Waals surface area contributed by atoms with Gasteiger partial charge in [0.05, 0.1) is 41.3 Å². The van der Waals surface area contributed by atoms with E-state index in [1.807, 2.05) is 0 Å². The van der Waals surface area contributed by atoms with Crippen LogP contribution in [0.15, 0.2) is 59.4 Å². The molecule has 2 aromatic carbocycles. The smallest absolute Gasteiger partial charge is 0.279 e. The van der Waals surface area contributed by atoms with E-state index >= 15 is 0 Å². The lowest BCUT2D eigenvalue weighted by molar-refractivity contribution is -0.0224. The monoisotopic (exact) mass is 536 g/mol. The van der Waals surface area contributed by atoms with Crippen molar-refractivity contribution in [1.82, 2.24) is 15.0 Å². The largest absolute Gasteiger partial charge is 0.453 e. The zero-order valence-corrected chi connectivity index (χ0v) is 20.7. The number of hydrogen-bond donors (Lipinski definition) is 3. The van der Waals surface area contributed by atoms with E-state index in [1.54, 1.807) is 36.5 Å². The molecule has 0 spiro atoms. The summed E-state index contributed by atoms with van der Waals surface area (Å²) in [5.74, 6) is 0.869. The van der Waals surface area contributed by atoms with E-state index in [4.69, 9.17) is 25.5 Å². The Kier molecular flexibility index (Phi) is 6.44. The Balaban J connectivity index is 1.26. The summed E-state index contributed by atoms with van der Waals surface area (Å²) in [7, 11) is 0. The first kappa shape index (κ1) is 24.4. The molecule has 0 unspecified atom stereocenters. The summed E-state index contributed by atoms with van der Waals surface area (Å²) in [4.78, 5) is 25.2. The summed E-state index contributed by atoms with van der Waals surface area (Å²) in [5.41, 5.74) is 1.41. The van der Waals surface area contributed by atoms with E-state index in [1.165, 1.54) is 18.5 Å². The van der Waals surface area contributed by atoms with Crippen LogP contribution in [0.25, 0.3) is 22.0 Å². The molecule has 3 N–H and O–H groups in total. The number of carbonyl (C=O) groups excluding carboxylic acids is 1. The van der Waals surface area contributed by atoms with Crippen LogP contribution in [0, 0.1) is 6.01 Å². The Bertz CT molecular complexity index is 1640. The Morgan fingerprint density at radius 3 is 2.89 bits per heavy atom. The van der Waals surface area contributed by atoms with Gasteiger partial charge in [0.25, 0.3) is 6.01 Å². The minimum Gasteiger partial charge on any atom is -0.453 e. The number of aromatic nitrogens is 3. The molecule has 4 heterocycles. The van der Waals surface area contributed by atoms with E-state index in [2.05, 4.69) is 20.3 Å². The number of hydrogen-bond acceptors (Lipinski definition) is 8. The molecule has 0 radical (unpaired) electrons. The van der Waals surface area contributed by atoms with Crippen LogP contribution in [0.2, 0.25) is 5.02 Å². The number of rotatable bonds is 7. The topological polar surface area (TPSA) is 123 Å². The summed E-state index contributed by atoms with van der Waals surface area (Å²) in [6.07, 6.45) is 4.34. The minimum absolute atomic E-state index is 0.0113. The highest BCUT2D eigenvalue weighted by Gasteiger charge is 2.25. The quantitative estimate of drug-likeness (QED) is 0.234. The van der Waals surface area contributed by atoms with Crippen LogP contribution < -0.4 is 10.1 Å². The Labute approximate surface area is 220 Å². The van der Waals surface area contributed by atoms with Crippen LogP contribution >= 0.6 is 11.6 Å². The number of para-hydroxylation sites is 1. The van der Waals surface area contributed by atoms with Crippen molar-refractivity contribution in [3.63, 3.8) is 0 Å². The minimum atomic E-state index is -0.711. The number of furan rings is 1. The van der Waals surface area contributed by atoms with Crippen molar-refractivity contribution in [1.29, 1.82) is 0 Å². The number of anilines is 1. The maximum atomic E-state index is 13.6. The summed E-state index contributed by atoms with van der Waals surface area (Å²) in [6, 6.07) is 10.3. The third-order valence-corrected chi connectivity index (χ3v) is 6.83. The molecule has 11 heteroatoms. The molecule has 194 valence electrons. The fraction of sp³-hybridized carbons (Fsp3) is 0.222. The molecule has 0 amide bonds. The van der Waals surface area contributed by atoms with Crippen LogP contribution in [0.4, 0.5) is 10.2 Å². The van der Waals surface area contributed by atoms with Gasteiger partial charge in [0, 0.05) is 29.3 Å². The second-order valence-electron chi connectivity index (χ2n) is 9.00. The lowest BCUT2D eigenvalue weighted by Gasteiger charge is -2.29. The predicted octanol–water partition coefficient (Wildman–Crippen LogP) is 5.47. The van der Waals surface area contributed by atoms with Crippen molar-refractivity contribution in [2.75, 3.05) is 18.5 Å². The van der Waals surface area contributed by atoms with Gasteiger partial charge >= 0.3 is 0 Å². The summed E-state index contributed by atoms with van der Waals surface area (Å²) in [6.45, 7) is 0.401. The number of aromatic amines is 1. The maximum absolute atomic E-state index is 13.6. The molecule has 2 atom stereocenters. The molecule has 3 aromatic heterocycles. The number of H-pyrrole nitrogens is 1. The van der Waals surface area contributed by atoms with Crippen molar-refractivity contribution < 1.29 is 28.2 Å². The molecule has 1 aliphatic rings. The number of fused-ring (bicyclic) bond motifs is 2. The van der Waals surface area contributed by atoms with Crippen LogP contribution in [0.5, 0.6) is 11.5 Å². The highest BCUT2D eigenvalue weighted by atomic mass is 35.5. The van der Waals surface area contributed by atoms with E-state index in [9.17, 15) is 14.3 Å². The number of benzene rings is 2. The summed E-state index contributed by atoms with van der Waals surface area (Å²) >= 11 is 6.53. The number of halogens is 2. The fourth-order valence-electron chi connectivity index (χ4n) is 4.61. The number of nitrogens with one attached hydrogen (secondary N) is 2. The standard InChI is InChI=1S/C27H22ClFN4O5/c28-20-9-16(37-21-3-1-2-14-8-22(29)38-25(14)21)6-7-18(20)24(35)19-10-30-26-23(19)27(32-13-31-26)33-15-4-5-17(11-34)36-12-15/h1-3,6-10,13,15,17,34H,4-5,11-12H2,(H2,30,31,32,33)/t15-,17+/m1/s1. The highest BCUT2D eigenvalue weighted by Crippen LogP contribution is 2.35. The molecule has 0 saturated carbocycles. The molecule has 6 rings (SSSR count). The van der Waals surface area contributed by atoms with E-state index in [0.717, 1.165) is 6.42 Å². The fourth-order valence-corrected chi connectivity index (χ4v) is 4.87. The van der Waals surface area contributed by atoms with E-state index < -0.39 is 6.01 Å². The first-order chi connectivity index (χ1) is 18.5. The molecular weight excluding hydrogens is 515 g/mol. The molecular formula is C27H22ClFN4O5. The number of aliphatic hydroxyl groups is 1. The van der Waals surface area contributed by atoms with E-state index in [0.29, 0.717) is 52.3 Å². The van der Waals surface area contributed by atoms with Gasteiger partial charge in [0.2, 0.25) is 0 Å². The number of nitrogens with zero attached hydrogens (tertiary/aromatic N) is 2. The zero-order chi connectivity index (χ0) is 26.2. The number of carbonyl (C=O) groups is 1. The average Bonchev–Trinajstić information content (AvgIpc) is 3.53. The van der Waals surface area contributed by atoms with Gasteiger partial charge in [-0.25, -0.2) is 9.97 Å². The number of aliphatic hydroxyl groups excluding tert-OH is 1. The third kappa shape index (κ3) is 4.58. The van der Waals surface area contributed by atoms with Crippen molar-refractivity contribution in [2.45, 2.75) is 25.0 Å². The third-order valence-electron chi connectivity index (χ3n) is 6.52. The van der Waals surface area contributed by atoms with Gasteiger partial charge in [-0.15, -0.1) is 0 Å². The predicted molar refractivity (Wildman–Crippen MR) is 138 cm³/mol. The molecule has 1 saturated heterocycles. The maximum Gasteiger partial charge on any atom is 0.279 e. The normalized spacial score (nSPS) is 17.7. The van der Waals surface area contributed by atoms with Crippen LogP contribution in [0.3, 0.4) is 0 Å². The van der Waals surface area contributed by atoms with Gasteiger partial charge in [-0.05, 0) is 31.0 Å². The van der Waals surface area contributed by atoms with Gasteiger partial charge in [-0.3, -0.25) is 4.79 Å². The van der Waals surface area contributed by atoms with E-state index in [-0.39, 0.29) is 40.7 Å². The second-order valence-corrected chi connectivity index (χ2v) is 9.41. The Morgan fingerprint density at radius 2 is 2.11 bits per heavy atom. The van der Waals surface area contributed by atoms with Gasteiger partial charge < -0.3 is 29.3 Å². The first-order valence-electron chi connectivity index (χ1n) is 12.0. The van der Waals surface area contributed by atoms with Crippen molar-refractivity contribution in [2.24, 2.45) is 0 Å². The van der Waals surface area contributed by atoms with Crippen LogP contribution in [-0.4, -0.2) is 51.2 Å². The Hall–Kier alpha value is -3.99. The Morgan fingerprint density at radius 1 is 1.21 bits per heavy atom. The van der Waals surface area contributed by atoms with Gasteiger partial charge in [0.15, 0.2) is 17.1 Å². The molecule has 1 fully saturated rings. The molecule has 0 aliphatic carbocycles. The van der Waals surface area contributed by atoms with Gasteiger partial charge in [-0.1, -0.05) is 23.7 Å². The summed E-state index contributed by atoms with van der Waals surface area (Å²) in [5, 5.41) is 13.9. The molecule has 9 nitrogen and oxygen atoms in total. The molecule has 0 bridgehead atoms. The SMILES string of the molecule is O=C(c1ccc(Oc2cccc3cc(F)oc23)cc1Cl)c1c[nH]c2ncnc(N[C@@H]3CC[C@@H](CO)OC3)c12. The lowest BCUT2D eigenvalue weighted by atomic mass is 10.0. The number of ketones is 1. The molecule has 5 aromatic rings. The zero-order valence-electron chi connectivity index (χ0n) is 19.9. The highest BCUT2D eigenvalue weighted by molar-refractivity contribution is 6.35. The van der Waals surface area contributed by atoms with Crippen molar-refractivity contribution in [3.05, 3.63) is 77.2 Å². The molecule has 1 aliphatic heterocycles. The molecule has 38 heavy (non-hydrogen) atoms. The van der Waals surface area contributed by atoms with Crippen molar-refractivity contribution >= 4 is 45.2 Å². The van der Waals surface area contributed by atoms with Crippen molar-refractivity contribution in [3.8, 4) is 11.5 Å². The van der Waals surface area contributed by atoms with Gasteiger partial charge in [-0.2, -0.15) is 4.39 Å². The number of ether oxygens (including phenoxy) is 2. The first-order valence-corrected chi connectivity index (χ1v) is 12.4. The second kappa shape index (κ2) is 10.1. The van der Waals surface area contributed by atoms with Crippen LogP contribution in [-0.2, 0) is 4.74 Å². The summed E-state index contributed by atoms with van der Waals surface area (Å²) < 4.78 is 30.2. The van der Waals surface area contributed by atoms with Crippen LogP contribution in [0.1, 0.15) is 28.8 Å². The average molecular weight is 537 g/mol. The van der Waals surface area contributed by atoms with Gasteiger partial charge in [0.1, 0.15) is 23.5 Å².